The number of hydrogen-bond donors (Lipinski definition) is 1. The van der Waals surface area contributed by atoms with Gasteiger partial charge in [-0.25, -0.2) is 8.42 Å². The third-order valence-electron chi connectivity index (χ3n) is 2.86. The average Bonchev–Trinajstić information content (AvgIpc) is 2.56. The van der Waals surface area contributed by atoms with E-state index in [2.05, 4.69) is 15.2 Å². The molecule has 0 amide bonds. The lowest BCUT2D eigenvalue weighted by atomic mass is 9.93. The lowest BCUT2D eigenvalue weighted by Crippen LogP contribution is -2.28. The predicted molar refractivity (Wildman–Crippen MR) is 74.3 cm³/mol. The van der Waals surface area contributed by atoms with Crippen molar-refractivity contribution in [3.63, 3.8) is 0 Å². The van der Waals surface area contributed by atoms with Crippen molar-refractivity contribution in [3.8, 4) is 0 Å². The second kappa shape index (κ2) is 4.90. The van der Waals surface area contributed by atoms with E-state index in [1.54, 1.807) is 0 Å². The first-order valence-electron chi connectivity index (χ1n) is 6.02. The molecule has 106 valence electrons. The van der Waals surface area contributed by atoms with Crippen molar-refractivity contribution in [1.29, 1.82) is 0 Å². The molecule has 1 aliphatic rings. The van der Waals surface area contributed by atoms with Gasteiger partial charge in [-0.05, 0) is 6.42 Å². The molecule has 0 aromatic carbocycles. The Labute approximate surface area is 116 Å². The minimum Gasteiger partial charge on any atom is -0.298 e. The van der Waals surface area contributed by atoms with Crippen LogP contribution in [0.2, 0.25) is 0 Å². The molecule has 1 N–H and O–H groups in total. The number of nitrogens with zero attached hydrogens (tertiary/aromatic N) is 2. The van der Waals surface area contributed by atoms with E-state index in [0.717, 1.165) is 0 Å². The van der Waals surface area contributed by atoms with Crippen molar-refractivity contribution in [1.82, 2.24) is 15.2 Å². The van der Waals surface area contributed by atoms with Crippen LogP contribution in [0.4, 0.5) is 0 Å². The van der Waals surface area contributed by atoms with Gasteiger partial charge in [0.1, 0.15) is 5.69 Å². The minimum absolute atomic E-state index is 0.0459. The van der Waals surface area contributed by atoms with Crippen molar-refractivity contribution in [2.24, 2.45) is 0 Å². The maximum Gasteiger partial charge on any atom is 0.274 e. The zero-order valence-corrected chi connectivity index (χ0v) is 12.8. The van der Waals surface area contributed by atoms with Gasteiger partial charge in [0.15, 0.2) is 15.0 Å². The van der Waals surface area contributed by atoms with Gasteiger partial charge in [-0.3, -0.25) is 9.78 Å². The van der Waals surface area contributed by atoms with E-state index < -0.39 is 9.84 Å². The largest absolute Gasteiger partial charge is 0.298 e. The van der Waals surface area contributed by atoms with E-state index in [-0.39, 0.29) is 27.7 Å². The quantitative estimate of drug-likeness (QED) is 0.866. The van der Waals surface area contributed by atoms with Crippen LogP contribution in [0.15, 0.2) is 9.95 Å². The lowest BCUT2D eigenvalue weighted by molar-refractivity contribution is 0.536. The van der Waals surface area contributed by atoms with Crippen molar-refractivity contribution in [2.45, 2.75) is 43.0 Å². The molecule has 2 rings (SSSR count). The van der Waals surface area contributed by atoms with Gasteiger partial charge in [-0.2, -0.15) is 0 Å². The zero-order valence-electron chi connectivity index (χ0n) is 11.1. The summed E-state index contributed by atoms with van der Waals surface area (Å²) in [5, 5.41) is 8.29. The summed E-state index contributed by atoms with van der Waals surface area (Å²) in [6, 6.07) is 0. The molecule has 8 heteroatoms. The molecule has 0 bridgehead atoms. The van der Waals surface area contributed by atoms with Crippen LogP contribution in [0.25, 0.3) is 0 Å². The Morgan fingerprint density at radius 3 is 2.47 bits per heavy atom. The number of aromatic nitrogens is 3. The van der Waals surface area contributed by atoms with Crippen LogP contribution < -0.4 is 5.56 Å². The highest BCUT2D eigenvalue weighted by molar-refractivity contribution is 8.01. The van der Waals surface area contributed by atoms with Crippen LogP contribution in [-0.4, -0.2) is 40.4 Å². The number of thioether (sulfide) groups is 1. The average molecular weight is 303 g/mol. The van der Waals surface area contributed by atoms with E-state index in [1.165, 1.54) is 11.8 Å². The molecular weight excluding hydrogens is 286 g/mol. The molecule has 1 aromatic heterocycles. The summed E-state index contributed by atoms with van der Waals surface area (Å²) in [6.07, 6.45) is 0.595. The maximum absolute atomic E-state index is 11.9. The molecule has 6 nitrogen and oxygen atoms in total. The fourth-order valence-electron chi connectivity index (χ4n) is 1.88. The van der Waals surface area contributed by atoms with Crippen LogP contribution in [-0.2, 0) is 15.3 Å². The Kier molecular flexibility index (Phi) is 3.74. The Balaban J connectivity index is 2.16. The van der Waals surface area contributed by atoms with Crippen molar-refractivity contribution in [2.75, 3.05) is 11.5 Å². The Bertz CT molecular complexity index is 631. The third-order valence-corrected chi connectivity index (χ3v) is 5.98. The third kappa shape index (κ3) is 3.56. The predicted octanol–water partition coefficient (Wildman–Crippen LogP) is 0.742. The molecule has 0 radical (unpaired) electrons. The lowest BCUT2D eigenvalue weighted by Gasteiger charge is -2.15. The molecule has 19 heavy (non-hydrogen) atoms. The number of nitrogens with one attached hydrogen (secondary N) is 1. The van der Waals surface area contributed by atoms with E-state index in [9.17, 15) is 13.2 Å². The van der Waals surface area contributed by atoms with Crippen molar-refractivity contribution >= 4 is 21.6 Å². The van der Waals surface area contributed by atoms with Gasteiger partial charge in [0.2, 0.25) is 0 Å². The topological polar surface area (TPSA) is 92.8 Å². The van der Waals surface area contributed by atoms with Crippen LogP contribution >= 0.6 is 11.8 Å². The zero-order chi connectivity index (χ0) is 14.3. The molecule has 1 saturated heterocycles. The van der Waals surface area contributed by atoms with Crippen LogP contribution in [0.5, 0.6) is 0 Å². The van der Waals surface area contributed by atoms with Crippen LogP contribution in [0.3, 0.4) is 0 Å². The van der Waals surface area contributed by atoms with E-state index >= 15 is 0 Å². The van der Waals surface area contributed by atoms with Gasteiger partial charge in [0.25, 0.3) is 5.56 Å². The Hall–Kier alpha value is -0.890. The Morgan fingerprint density at radius 1 is 1.32 bits per heavy atom. The fraction of sp³-hybridized carbons (Fsp3) is 0.727. The molecule has 1 fully saturated rings. The monoisotopic (exact) mass is 303 g/mol. The van der Waals surface area contributed by atoms with E-state index in [4.69, 9.17) is 0 Å². The van der Waals surface area contributed by atoms with E-state index in [1.807, 2.05) is 20.8 Å². The second-order valence-corrected chi connectivity index (χ2v) is 9.22. The number of aromatic amines is 1. The van der Waals surface area contributed by atoms with Crippen LogP contribution in [0, 0.1) is 0 Å². The normalized spacial score (nSPS) is 22.6. The summed E-state index contributed by atoms with van der Waals surface area (Å²) in [5.41, 5.74) is -0.234. The summed E-state index contributed by atoms with van der Waals surface area (Å²) < 4.78 is 22.7. The van der Waals surface area contributed by atoms with Gasteiger partial charge in [0, 0.05) is 10.7 Å². The Morgan fingerprint density at radius 2 is 2.00 bits per heavy atom. The van der Waals surface area contributed by atoms with Gasteiger partial charge in [0.05, 0.1) is 11.5 Å². The molecule has 2 heterocycles. The highest BCUT2D eigenvalue weighted by Crippen LogP contribution is 2.28. The first kappa shape index (κ1) is 14.5. The van der Waals surface area contributed by atoms with Crippen molar-refractivity contribution < 1.29 is 8.42 Å². The standard InChI is InChI=1S/C11H17N3O3S2/c1-11(2,3)8-9(15)12-10(14-13-8)18-7-4-5-19(16,17)6-7/h7H,4-6H2,1-3H3,(H,12,14,15). The summed E-state index contributed by atoms with van der Waals surface area (Å²) in [5.74, 6) is 0.352. The highest BCUT2D eigenvalue weighted by Gasteiger charge is 2.29. The van der Waals surface area contributed by atoms with Gasteiger partial charge in [-0.15, -0.1) is 10.2 Å². The number of hydrogen-bond acceptors (Lipinski definition) is 6. The molecule has 1 aliphatic heterocycles. The number of H-pyrrole nitrogens is 1. The number of rotatable bonds is 2. The highest BCUT2D eigenvalue weighted by atomic mass is 32.2. The molecule has 0 saturated carbocycles. The minimum atomic E-state index is -2.92. The SMILES string of the molecule is CC(C)(C)c1nnc(SC2CCS(=O)(=O)C2)[nH]c1=O. The first-order chi connectivity index (χ1) is 8.67. The van der Waals surface area contributed by atoms with E-state index in [0.29, 0.717) is 17.3 Å². The fourth-order valence-corrected chi connectivity index (χ4v) is 5.26. The molecule has 1 unspecified atom stereocenters. The maximum atomic E-state index is 11.9. The van der Waals surface area contributed by atoms with Gasteiger partial charge < -0.3 is 0 Å². The smallest absolute Gasteiger partial charge is 0.274 e. The molecule has 0 aliphatic carbocycles. The molecule has 1 atom stereocenters. The van der Waals surface area contributed by atoms with Gasteiger partial charge >= 0.3 is 0 Å². The van der Waals surface area contributed by atoms with Gasteiger partial charge in [-0.1, -0.05) is 32.5 Å². The molecule has 1 aromatic rings. The summed E-state index contributed by atoms with van der Waals surface area (Å²) in [4.78, 5) is 14.6. The van der Waals surface area contributed by atoms with Crippen molar-refractivity contribution in [3.05, 3.63) is 16.0 Å². The second-order valence-electron chi connectivity index (χ2n) is 5.70. The summed E-state index contributed by atoms with van der Waals surface area (Å²) in [6.45, 7) is 5.67. The molecular formula is C11H17N3O3S2. The van der Waals surface area contributed by atoms with Crippen LogP contribution in [0.1, 0.15) is 32.9 Å². The first-order valence-corrected chi connectivity index (χ1v) is 8.72. The summed E-state index contributed by atoms with van der Waals surface area (Å²) in [7, 11) is -2.92. The summed E-state index contributed by atoms with van der Waals surface area (Å²) >= 11 is 1.28. The molecule has 0 spiro atoms. The number of sulfone groups is 1.